The molecule has 0 unspecified atom stereocenters. The Kier molecular flexibility index (Phi) is 8.15. The topological polar surface area (TPSA) is 64.6 Å². The van der Waals surface area contributed by atoms with Gasteiger partial charge in [0.05, 0.1) is 18.1 Å². The highest BCUT2D eigenvalue weighted by Crippen LogP contribution is 2.31. The fourth-order valence-corrected chi connectivity index (χ4v) is 2.95. The van der Waals surface area contributed by atoms with Crippen LogP contribution in [-0.2, 0) is 4.79 Å². The summed E-state index contributed by atoms with van der Waals surface area (Å²) in [5.74, 6) is 1.09. The molecule has 0 radical (unpaired) electrons. The molecule has 1 aromatic heterocycles. The van der Waals surface area contributed by atoms with Gasteiger partial charge in [-0.15, -0.1) is 11.3 Å². The quantitative estimate of drug-likeness (QED) is 0.566. The van der Waals surface area contributed by atoms with E-state index < -0.39 is 0 Å². The fourth-order valence-electron chi connectivity index (χ4n) is 2.25. The van der Waals surface area contributed by atoms with Crippen molar-refractivity contribution in [3.63, 3.8) is 0 Å². The second-order valence-corrected chi connectivity index (χ2v) is 6.75. The zero-order chi connectivity index (χ0) is 18.8. The molecule has 1 aromatic carbocycles. The number of hydrogen-bond donors (Lipinski definition) is 1. The summed E-state index contributed by atoms with van der Waals surface area (Å²) in [6.07, 6.45) is 2.14. The number of amides is 1. The largest absolute Gasteiger partial charge is 0.490 e. The zero-order valence-corrected chi connectivity index (χ0v) is 16.1. The van der Waals surface area contributed by atoms with Gasteiger partial charge in [0.2, 0.25) is 5.91 Å². The Balaban J connectivity index is 1.94. The van der Waals surface area contributed by atoms with E-state index in [0.29, 0.717) is 35.3 Å². The van der Waals surface area contributed by atoms with Crippen LogP contribution in [-0.4, -0.2) is 24.9 Å². The summed E-state index contributed by atoms with van der Waals surface area (Å²) in [4.78, 5) is 24.8. The normalized spacial score (nSPS) is 10.4. The van der Waals surface area contributed by atoms with E-state index in [1.807, 2.05) is 25.3 Å². The minimum Gasteiger partial charge on any atom is -0.490 e. The number of carbonyl (C=O) groups excluding carboxylic acids is 2. The number of benzene rings is 1. The van der Waals surface area contributed by atoms with Gasteiger partial charge in [-0.25, -0.2) is 0 Å². The molecule has 2 aromatic rings. The Bertz CT molecular complexity index is 713. The van der Waals surface area contributed by atoms with Crippen molar-refractivity contribution in [2.24, 2.45) is 0 Å². The summed E-state index contributed by atoms with van der Waals surface area (Å²) in [5, 5.41) is 4.67. The molecular weight excluding hydrogens is 350 g/mol. The first kappa shape index (κ1) is 20.0. The first-order chi connectivity index (χ1) is 12.6. The number of ketones is 1. The lowest BCUT2D eigenvalue weighted by Crippen LogP contribution is -2.13. The molecule has 2 rings (SSSR count). The fraction of sp³-hybridized carbons (Fsp3) is 0.400. The van der Waals surface area contributed by atoms with Gasteiger partial charge in [0.15, 0.2) is 17.3 Å². The van der Waals surface area contributed by atoms with Gasteiger partial charge >= 0.3 is 0 Å². The highest BCUT2D eigenvalue weighted by Gasteiger charge is 2.12. The minimum atomic E-state index is -0.196. The predicted octanol–water partition coefficient (Wildman–Crippen LogP) is 4.93. The van der Waals surface area contributed by atoms with Crippen molar-refractivity contribution in [2.75, 3.05) is 18.5 Å². The van der Waals surface area contributed by atoms with Gasteiger partial charge in [0.1, 0.15) is 0 Å². The highest BCUT2D eigenvalue weighted by molar-refractivity contribution is 7.12. The molecule has 26 heavy (non-hydrogen) atoms. The van der Waals surface area contributed by atoms with Crippen LogP contribution in [0.3, 0.4) is 0 Å². The molecule has 0 aliphatic carbocycles. The lowest BCUT2D eigenvalue weighted by Gasteiger charge is -2.14. The number of anilines is 1. The van der Waals surface area contributed by atoms with E-state index in [9.17, 15) is 9.59 Å². The minimum absolute atomic E-state index is 0.00886. The molecule has 1 heterocycles. The lowest BCUT2D eigenvalue weighted by molar-refractivity contribution is -0.116. The number of thiophene rings is 1. The Morgan fingerprint density at radius 3 is 2.38 bits per heavy atom. The monoisotopic (exact) mass is 375 g/mol. The molecule has 0 atom stereocenters. The van der Waals surface area contributed by atoms with Gasteiger partial charge in [0, 0.05) is 24.6 Å². The van der Waals surface area contributed by atoms with Crippen LogP contribution in [0.15, 0.2) is 35.7 Å². The second-order valence-electron chi connectivity index (χ2n) is 5.81. The maximum absolute atomic E-state index is 12.1. The number of hydrogen-bond acceptors (Lipinski definition) is 5. The van der Waals surface area contributed by atoms with Crippen LogP contribution < -0.4 is 14.8 Å². The van der Waals surface area contributed by atoms with Gasteiger partial charge in [0.25, 0.3) is 0 Å². The zero-order valence-electron chi connectivity index (χ0n) is 15.2. The number of Topliss-reactive ketones (excluding diaryl/α,β-unsaturated/α-hetero) is 1. The molecule has 0 aliphatic heterocycles. The standard InChI is InChI=1S/C20H25NO4S/c1-3-11-24-17-9-7-15(14-18(17)25-12-4-2)21-20(23)10-8-16(22)19-6-5-13-26-19/h5-7,9,13-14H,3-4,8,10-12H2,1-2H3,(H,21,23). The van der Waals surface area contributed by atoms with E-state index in [1.54, 1.807) is 24.3 Å². The summed E-state index contributed by atoms with van der Waals surface area (Å²) < 4.78 is 11.4. The molecule has 0 fully saturated rings. The van der Waals surface area contributed by atoms with Crippen molar-refractivity contribution >= 4 is 28.7 Å². The molecule has 0 saturated heterocycles. The van der Waals surface area contributed by atoms with E-state index in [-0.39, 0.29) is 24.5 Å². The number of ether oxygens (including phenoxy) is 2. The molecule has 0 saturated carbocycles. The number of rotatable bonds is 11. The summed E-state index contributed by atoms with van der Waals surface area (Å²) in [6.45, 7) is 5.26. The van der Waals surface area contributed by atoms with Crippen molar-refractivity contribution < 1.29 is 19.1 Å². The molecule has 5 nitrogen and oxygen atoms in total. The van der Waals surface area contributed by atoms with Crippen molar-refractivity contribution in [3.8, 4) is 11.5 Å². The maximum Gasteiger partial charge on any atom is 0.224 e. The molecule has 1 amide bonds. The summed E-state index contributed by atoms with van der Waals surface area (Å²) in [7, 11) is 0. The summed E-state index contributed by atoms with van der Waals surface area (Å²) >= 11 is 1.39. The van der Waals surface area contributed by atoms with Gasteiger partial charge in [-0.2, -0.15) is 0 Å². The van der Waals surface area contributed by atoms with Crippen LogP contribution in [0.4, 0.5) is 5.69 Å². The van der Waals surface area contributed by atoms with Crippen LogP contribution in [0.25, 0.3) is 0 Å². The average Bonchev–Trinajstić information content (AvgIpc) is 3.18. The van der Waals surface area contributed by atoms with E-state index in [4.69, 9.17) is 9.47 Å². The van der Waals surface area contributed by atoms with Crippen LogP contribution in [0.1, 0.15) is 49.2 Å². The van der Waals surface area contributed by atoms with Crippen molar-refractivity contribution in [1.82, 2.24) is 0 Å². The Hall–Kier alpha value is -2.34. The van der Waals surface area contributed by atoms with E-state index in [2.05, 4.69) is 5.32 Å². The number of carbonyl (C=O) groups is 2. The lowest BCUT2D eigenvalue weighted by atomic mass is 10.2. The van der Waals surface area contributed by atoms with E-state index in [1.165, 1.54) is 11.3 Å². The third-order valence-electron chi connectivity index (χ3n) is 3.53. The van der Waals surface area contributed by atoms with Gasteiger partial charge in [-0.05, 0) is 36.4 Å². The molecule has 6 heteroatoms. The van der Waals surface area contributed by atoms with Gasteiger partial charge in [-0.1, -0.05) is 19.9 Å². The first-order valence-corrected chi connectivity index (χ1v) is 9.78. The van der Waals surface area contributed by atoms with Crippen molar-refractivity contribution in [2.45, 2.75) is 39.5 Å². The van der Waals surface area contributed by atoms with Crippen LogP contribution in [0, 0.1) is 0 Å². The van der Waals surface area contributed by atoms with Crippen molar-refractivity contribution in [1.29, 1.82) is 0 Å². The first-order valence-electron chi connectivity index (χ1n) is 8.90. The molecule has 1 N–H and O–H groups in total. The van der Waals surface area contributed by atoms with E-state index in [0.717, 1.165) is 12.8 Å². The third kappa shape index (κ3) is 6.19. The maximum atomic E-state index is 12.1. The second kappa shape index (κ2) is 10.6. The SMILES string of the molecule is CCCOc1ccc(NC(=O)CCC(=O)c2cccs2)cc1OCCC. The molecule has 0 bridgehead atoms. The van der Waals surface area contributed by atoms with Gasteiger partial charge in [-0.3, -0.25) is 9.59 Å². The van der Waals surface area contributed by atoms with Gasteiger partial charge < -0.3 is 14.8 Å². The Morgan fingerprint density at radius 2 is 1.73 bits per heavy atom. The Labute approximate surface area is 158 Å². The average molecular weight is 375 g/mol. The Morgan fingerprint density at radius 1 is 1.00 bits per heavy atom. The summed E-state index contributed by atoms with van der Waals surface area (Å²) in [5.41, 5.74) is 0.633. The van der Waals surface area contributed by atoms with Crippen LogP contribution >= 0.6 is 11.3 Å². The predicted molar refractivity (Wildman–Crippen MR) is 105 cm³/mol. The number of nitrogens with one attached hydrogen (secondary N) is 1. The van der Waals surface area contributed by atoms with E-state index >= 15 is 0 Å². The highest BCUT2D eigenvalue weighted by atomic mass is 32.1. The van der Waals surface area contributed by atoms with Crippen molar-refractivity contribution in [3.05, 3.63) is 40.6 Å². The molecule has 0 aliphatic rings. The molecule has 140 valence electrons. The summed E-state index contributed by atoms with van der Waals surface area (Å²) in [6, 6.07) is 8.95. The van der Waals surface area contributed by atoms with Crippen LogP contribution in [0.2, 0.25) is 0 Å². The molecule has 0 spiro atoms. The van der Waals surface area contributed by atoms with Crippen LogP contribution in [0.5, 0.6) is 11.5 Å². The third-order valence-corrected chi connectivity index (χ3v) is 4.44. The molecular formula is C20H25NO4S. The smallest absolute Gasteiger partial charge is 0.224 e.